The van der Waals surface area contributed by atoms with Crippen LogP contribution >= 0.6 is 0 Å². The summed E-state index contributed by atoms with van der Waals surface area (Å²) < 4.78 is 13.5. The molecule has 7 nitrogen and oxygen atoms in total. The first kappa shape index (κ1) is 19.1. The molecule has 7 heteroatoms. The first-order valence-electron chi connectivity index (χ1n) is 9.50. The number of fused-ring (bicyclic) bond motifs is 1. The number of nitrogens with zero attached hydrogens (tertiary/aromatic N) is 3. The smallest absolute Gasteiger partial charge is 0.191 e. The fourth-order valence-corrected chi connectivity index (χ4v) is 3.06. The summed E-state index contributed by atoms with van der Waals surface area (Å²) in [7, 11) is 1.78. The lowest BCUT2D eigenvalue weighted by atomic mass is 10.2. The molecule has 0 atom stereocenters. The molecule has 146 valence electrons. The Morgan fingerprint density at radius 1 is 1.15 bits per heavy atom. The predicted octanol–water partition coefficient (Wildman–Crippen LogP) is 2.42. The minimum Gasteiger partial charge on any atom is -0.490 e. The van der Waals surface area contributed by atoms with Gasteiger partial charge in [0, 0.05) is 38.8 Å². The molecule has 0 amide bonds. The molecule has 0 spiro atoms. The van der Waals surface area contributed by atoms with Crippen LogP contribution in [0.25, 0.3) is 0 Å². The van der Waals surface area contributed by atoms with E-state index in [1.807, 2.05) is 23.7 Å². The van der Waals surface area contributed by atoms with Gasteiger partial charge in [0.2, 0.25) is 0 Å². The van der Waals surface area contributed by atoms with Gasteiger partial charge in [-0.25, -0.2) is 0 Å². The molecule has 0 bridgehead atoms. The highest BCUT2D eigenvalue weighted by Gasteiger charge is 2.10. The number of aliphatic imine (C=N–C) groups is 1. The molecular formula is C20H29N5O2. The van der Waals surface area contributed by atoms with Crippen molar-refractivity contribution in [3.05, 3.63) is 41.2 Å². The van der Waals surface area contributed by atoms with Crippen molar-refractivity contribution in [1.82, 2.24) is 20.4 Å². The summed E-state index contributed by atoms with van der Waals surface area (Å²) in [6.45, 7) is 7.91. The SMILES string of the molecule is CN=C(NCCCn1nc(C)cc1C)NCc1ccc2c(c1)OCCCO2. The van der Waals surface area contributed by atoms with Crippen LogP contribution in [0.5, 0.6) is 11.5 Å². The van der Waals surface area contributed by atoms with Crippen molar-refractivity contribution >= 4 is 5.96 Å². The Morgan fingerprint density at radius 2 is 1.96 bits per heavy atom. The van der Waals surface area contributed by atoms with Crippen LogP contribution in [0.4, 0.5) is 0 Å². The van der Waals surface area contributed by atoms with Crippen LogP contribution in [-0.4, -0.2) is 42.5 Å². The number of hydrogen-bond donors (Lipinski definition) is 2. The molecule has 27 heavy (non-hydrogen) atoms. The Bertz CT molecular complexity index is 785. The highest BCUT2D eigenvalue weighted by atomic mass is 16.5. The topological polar surface area (TPSA) is 72.7 Å². The van der Waals surface area contributed by atoms with Crippen molar-refractivity contribution in [1.29, 1.82) is 0 Å². The van der Waals surface area contributed by atoms with Crippen LogP contribution < -0.4 is 20.1 Å². The third-order valence-electron chi connectivity index (χ3n) is 4.44. The van der Waals surface area contributed by atoms with E-state index in [9.17, 15) is 0 Å². The van der Waals surface area contributed by atoms with E-state index >= 15 is 0 Å². The van der Waals surface area contributed by atoms with E-state index in [1.54, 1.807) is 7.05 Å². The van der Waals surface area contributed by atoms with Crippen molar-refractivity contribution in [2.75, 3.05) is 26.8 Å². The van der Waals surface area contributed by atoms with Crippen LogP contribution in [0.2, 0.25) is 0 Å². The predicted molar refractivity (Wildman–Crippen MR) is 107 cm³/mol. The minimum absolute atomic E-state index is 0.674. The van der Waals surface area contributed by atoms with Crippen LogP contribution in [0, 0.1) is 13.8 Å². The normalized spacial score (nSPS) is 14.0. The van der Waals surface area contributed by atoms with E-state index in [-0.39, 0.29) is 0 Å². The lowest BCUT2D eigenvalue weighted by Crippen LogP contribution is -2.37. The molecule has 0 saturated carbocycles. The summed E-state index contributed by atoms with van der Waals surface area (Å²) in [6.07, 6.45) is 1.89. The third-order valence-corrected chi connectivity index (χ3v) is 4.44. The molecular weight excluding hydrogens is 342 g/mol. The molecule has 0 fully saturated rings. The molecule has 0 aliphatic carbocycles. The molecule has 1 aromatic carbocycles. The van der Waals surface area contributed by atoms with Gasteiger partial charge in [-0.15, -0.1) is 0 Å². The lowest BCUT2D eigenvalue weighted by molar-refractivity contribution is 0.297. The average molecular weight is 371 g/mol. The number of aromatic nitrogens is 2. The Kier molecular flexibility index (Phi) is 6.57. The maximum absolute atomic E-state index is 5.75. The van der Waals surface area contributed by atoms with Crippen LogP contribution in [0.15, 0.2) is 29.3 Å². The van der Waals surface area contributed by atoms with Crippen LogP contribution in [-0.2, 0) is 13.1 Å². The molecule has 3 rings (SSSR count). The van der Waals surface area contributed by atoms with Crippen molar-refractivity contribution in [2.24, 2.45) is 4.99 Å². The summed E-state index contributed by atoms with van der Waals surface area (Å²) >= 11 is 0. The highest BCUT2D eigenvalue weighted by Crippen LogP contribution is 2.30. The van der Waals surface area contributed by atoms with Crippen molar-refractivity contribution in [3.8, 4) is 11.5 Å². The van der Waals surface area contributed by atoms with E-state index < -0.39 is 0 Å². The van der Waals surface area contributed by atoms with Crippen molar-refractivity contribution < 1.29 is 9.47 Å². The van der Waals surface area contributed by atoms with Gasteiger partial charge in [0.25, 0.3) is 0 Å². The minimum atomic E-state index is 0.674. The number of hydrogen-bond acceptors (Lipinski definition) is 4. The lowest BCUT2D eigenvalue weighted by Gasteiger charge is -2.13. The number of benzene rings is 1. The van der Waals surface area contributed by atoms with E-state index in [1.165, 1.54) is 5.69 Å². The molecule has 0 saturated heterocycles. The molecule has 2 N–H and O–H groups in total. The maximum Gasteiger partial charge on any atom is 0.191 e. The van der Waals surface area contributed by atoms with E-state index in [4.69, 9.17) is 9.47 Å². The molecule has 0 radical (unpaired) electrons. The quantitative estimate of drug-likeness (QED) is 0.463. The second-order valence-electron chi connectivity index (χ2n) is 6.69. The summed E-state index contributed by atoms with van der Waals surface area (Å²) in [5.74, 6) is 2.43. The molecule has 1 aliphatic heterocycles. The van der Waals surface area contributed by atoms with Gasteiger partial charge in [0.05, 0.1) is 18.9 Å². The summed E-state index contributed by atoms with van der Waals surface area (Å²) in [6, 6.07) is 8.16. The molecule has 0 unspecified atom stereocenters. The Labute approximate surface area is 160 Å². The van der Waals surface area contributed by atoms with E-state index in [0.29, 0.717) is 19.8 Å². The Balaban J connectivity index is 1.44. The van der Waals surface area contributed by atoms with Gasteiger partial charge in [0.1, 0.15) is 0 Å². The number of nitrogens with one attached hydrogen (secondary N) is 2. The first-order chi connectivity index (χ1) is 13.2. The van der Waals surface area contributed by atoms with Gasteiger partial charge in [0.15, 0.2) is 17.5 Å². The Hall–Kier alpha value is -2.70. The van der Waals surface area contributed by atoms with Gasteiger partial charge < -0.3 is 20.1 Å². The molecule has 1 aromatic heterocycles. The van der Waals surface area contributed by atoms with Crippen LogP contribution in [0.3, 0.4) is 0 Å². The van der Waals surface area contributed by atoms with Gasteiger partial charge in [-0.2, -0.15) is 5.10 Å². The number of guanidine groups is 1. The zero-order chi connectivity index (χ0) is 19.1. The maximum atomic E-state index is 5.75. The van der Waals surface area contributed by atoms with Gasteiger partial charge in [-0.3, -0.25) is 9.67 Å². The summed E-state index contributed by atoms with van der Waals surface area (Å²) in [5, 5.41) is 11.2. The van der Waals surface area contributed by atoms with Crippen LogP contribution in [0.1, 0.15) is 29.8 Å². The first-order valence-corrected chi connectivity index (χ1v) is 9.50. The zero-order valence-corrected chi connectivity index (χ0v) is 16.4. The number of rotatable bonds is 6. The highest BCUT2D eigenvalue weighted by molar-refractivity contribution is 5.79. The molecule has 2 aromatic rings. The fourth-order valence-electron chi connectivity index (χ4n) is 3.06. The van der Waals surface area contributed by atoms with Gasteiger partial charge in [-0.1, -0.05) is 6.07 Å². The van der Waals surface area contributed by atoms with E-state index in [0.717, 1.165) is 54.6 Å². The van der Waals surface area contributed by atoms with Crippen molar-refractivity contribution in [2.45, 2.75) is 39.8 Å². The number of aryl methyl sites for hydroxylation is 3. The van der Waals surface area contributed by atoms with E-state index in [2.05, 4.69) is 39.8 Å². The number of ether oxygens (including phenoxy) is 2. The molecule has 1 aliphatic rings. The standard InChI is InChI=1S/C20H29N5O2/c1-15-12-16(2)25(24-15)9-4-8-22-20(21-3)23-14-17-6-7-18-19(13-17)27-11-5-10-26-18/h6-7,12-13H,4-5,8-11,14H2,1-3H3,(H2,21,22,23). The zero-order valence-electron chi connectivity index (χ0n) is 16.4. The second-order valence-corrected chi connectivity index (χ2v) is 6.69. The average Bonchev–Trinajstić information content (AvgIpc) is 2.85. The Morgan fingerprint density at radius 3 is 2.70 bits per heavy atom. The fraction of sp³-hybridized carbons (Fsp3) is 0.500. The third kappa shape index (κ3) is 5.39. The van der Waals surface area contributed by atoms with Gasteiger partial charge in [-0.05, 0) is 44.0 Å². The monoisotopic (exact) mass is 371 g/mol. The molecule has 2 heterocycles. The second kappa shape index (κ2) is 9.30. The van der Waals surface area contributed by atoms with Gasteiger partial charge >= 0.3 is 0 Å². The van der Waals surface area contributed by atoms with Crippen molar-refractivity contribution in [3.63, 3.8) is 0 Å². The summed E-state index contributed by atoms with van der Waals surface area (Å²) in [4.78, 5) is 4.29. The largest absolute Gasteiger partial charge is 0.490 e. The summed E-state index contributed by atoms with van der Waals surface area (Å²) in [5.41, 5.74) is 3.39.